The number of benzene rings is 1. The zero-order chi connectivity index (χ0) is 19.9. The number of anilines is 1. The molecular weight excluding hydrogens is 520 g/mol. The number of aliphatic imine (C=N–C) groups is 1. The van der Waals surface area contributed by atoms with E-state index in [9.17, 15) is 0 Å². The summed E-state index contributed by atoms with van der Waals surface area (Å²) in [5.74, 6) is 2.21. The first kappa shape index (κ1) is 23.5. The quantitative estimate of drug-likeness (QED) is 0.273. The van der Waals surface area contributed by atoms with Gasteiger partial charge in [-0.05, 0) is 48.2 Å². The van der Waals surface area contributed by atoms with Crippen LogP contribution in [0.15, 0.2) is 46.0 Å². The minimum Gasteiger partial charge on any atom is -0.368 e. The molecule has 3 rings (SSSR count). The summed E-state index contributed by atoms with van der Waals surface area (Å²) in [6.45, 7) is 4.14. The van der Waals surface area contributed by atoms with Crippen molar-refractivity contribution in [2.45, 2.75) is 25.9 Å². The van der Waals surface area contributed by atoms with E-state index in [4.69, 9.17) is 21.9 Å². The molecule has 29 heavy (non-hydrogen) atoms. The fourth-order valence-corrected chi connectivity index (χ4v) is 3.59. The topological polar surface area (TPSA) is 85.1 Å². The zero-order valence-electron chi connectivity index (χ0n) is 16.0. The van der Waals surface area contributed by atoms with Crippen LogP contribution in [-0.2, 0) is 6.54 Å². The van der Waals surface area contributed by atoms with E-state index in [0.29, 0.717) is 42.2 Å². The molecule has 2 unspecified atom stereocenters. The van der Waals surface area contributed by atoms with Gasteiger partial charge in [-0.1, -0.05) is 34.5 Å². The van der Waals surface area contributed by atoms with Crippen LogP contribution >= 0.6 is 44.5 Å². The van der Waals surface area contributed by atoms with E-state index in [-0.39, 0.29) is 17.0 Å². The fraction of sp³-hybridized carbons (Fsp3) is 0.350. The van der Waals surface area contributed by atoms with Crippen LogP contribution in [0.25, 0.3) is 0 Å². The number of halogens is 3. The lowest BCUT2D eigenvalue weighted by molar-refractivity contribution is 0.759. The van der Waals surface area contributed by atoms with E-state index in [2.05, 4.69) is 49.9 Å². The second kappa shape index (κ2) is 11.4. The van der Waals surface area contributed by atoms with Gasteiger partial charge in [0.25, 0.3) is 0 Å². The summed E-state index contributed by atoms with van der Waals surface area (Å²) in [5, 5.41) is 19.6. The largest absolute Gasteiger partial charge is 0.368 e. The van der Waals surface area contributed by atoms with Crippen molar-refractivity contribution in [1.82, 2.24) is 15.6 Å². The molecule has 6 nitrogen and oxygen atoms in total. The van der Waals surface area contributed by atoms with Gasteiger partial charge in [0, 0.05) is 34.8 Å². The van der Waals surface area contributed by atoms with Crippen LogP contribution in [0.3, 0.4) is 0 Å². The smallest absolute Gasteiger partial charge is 0.191 e. The molecule has 1 saturated carbocycles. The van der Waals surface area contributed by atoms with Gasteiger partial charge in [-0.15, -0.1) is 17.0 Å². The normalized spacial score (nSPS) is 17.7. The van der Waals surface area contributed by atoms with Crippen LogP contribution in [-0.4, -0.2) is 30.1 Å². The van der Waals surface area contributed by atoms with Crippen molar-refractivity contribution in [3.8, 4) is 6.07 Å². The molecule has 9 heteroatoms. The van der Waals surface area contributed by atoms with Gasteiger partial charge in [0.1, 0.15) is 11.9 Å². The summed E-state index contributed by atoms with van der Waals surface area (Å²) >= 11 is 9.58. The van der Waals surface area contributed by atoms with Crippen molar-refractivity contribution in [2.75, 3.05) is 18.4 Å². The highest BCUT2D eigenvalue weighted by Gasteiger charge is 2.33. The molecule has 0 saturated heterocycles. The van der Waals surface area contributed by atoms with Crippen molar-refractivity contribution >= 4 is 56.3 Å². The van der Waals surface area contributed by atoms with Gasteiger partial charge in [-0.2, -0.15) is 5.26 Å². The molecular formula is C20H23Br2ClN6. The highest BCUT2D eigenvalue weighted by molar-refractivity contribution is 9.10. The average Bonchev–Trinajstić information content (AvgIpc) is 3.37. The Morgan fingerprint density at radius 2 is 2.14 bits per heavy atom. The first-order chi connectivity index (χ1) is 13.5. The maximum Gasteiger partial charge on any atom is 0.191 e. The molecule has 2 atom stereocenters. The van der Waals surface area contributed by atoms with E-state index < -0.39 is 0 Å². The molecule has 1 aromatic carbocycles. The van der Waals surface area contributed by atoms with Crippen LogP contribution in [0.2, 0.25) is 5.02 Å². The first-order valence-corrected chi connectivity index (χ1v) is 10.3. The predicted molar refractivity (Wildman–Crippen MR) is 127 cm³/mol. The van der Waals surface area contributed by atoms with Gasteiger partial charge in [-0.3, -0.25) is 0 Å². The average molecular weight is 543 g/mol. The van der Waals surface area contributed by atoms with Gasteiger partial charge in [0.15, 0.2) is 5.96 Å². The SMILES string of the molecule is Br.CC1CC1NC(=NCc1cc(Cl)cc(Br)c1)NCCNc1ccc(C#N)cn1. The van der Waals surface area contributed by atoms with E-state index in [0.717, 1.165) is 28.2 Å². The number of nitriles is 1. The molecule has 154 valence electrons. The Kier molecular flexibility index (Phi) is 9.21. The van der Waals surface area contributed by atoms with Crippen LogP contribution in [0.4, 0.5) is 5.82 Å². The maximum atomic E-state index is 8.81. The molecule has 1 heterocycles. The Labute approximate surface area is 195 Å². The number of nitrogens with one attached hydrogen (secondary N) is 3. The number of hydrogen-bond donors (Lipinski definition) is 3. The molecule has 0 spiro atoms. The number of rotatable bonds is 7. The Morgan fingerprint density at radius 1 is 1.34 bits per heavy atom. The third-order valence-corrected chi connectivity index (χ3v) is 5.07. The first-order valence-electron chi connectivity index (χ1n) is 9.13. The van der Waals surface area contributed by atoms with Gasteiger partial charge in [0.05, 0.1) is 12.1 Å². The van der Waals surface area contributed by atoms with Gasteiger partial charge in [0.2, 0.25) is 0 Å². The lowest BCUT2D eigenvalue weighted by Gasteiger charge is -2.13. The number of pyridine rings is 1. The van der Waals surface area contributed by atoms with Crippen molar-refractivity contribution in [2.24, 2.45) is 10.9 Å². The van der Waals surface area contributed by atoms with Crippen LogP contribution in [0.5, 0.6) is 0 Å². The van der Waals surface area contributed by atoms with E-state index in [1.807, 2.05) is 18.2 Å². The third-order valence-electron chi connectivity index (χ3n) is 4.39. The standard InChI is InChI=1S/C20H22BrClN6.BrH/c1-13-6-18(13)28-20(27-12-15-7-16(21)9-17(22)8-15)25-5-4-24-19-3-2-14(10-23)11-26-19;/h2-3,7-9,11,13,18H,4-6,12H2,1H3,(H,24,26)(H2,25,27,28);1H. The van der Waals surface area contributed by atoms with E-state index in [1.54, 1.807) is 18.3 Å². The Hall–Kier alpha value is -1.82. The molecule has 0 bridgehead atoms. The number of hydrogen-bond acceptors (Lipinski definition) is 4. The van der Waals surface area contributed by atoms with Gasteiger partial charge >= 0.3 is 0 Å². The van der Waals surface area contributed by atoms with Crippen LogP contribution in [0.1, 0.15) is 24.5 Å². The highest BCUT2D eigenvalue weighted by Crippen LogP contribution is 2.28. The Bertz CT molecular complexity index is 861. The summed E-state index contributed by atoms with van der Waals surface area (Å²) in [6.07, 6.45) is 2.72. The third kappa shape index (κ3) is 7.84. The molecule has 1 aromatic heterocycles. The lowest BCUT2D eigenvalue weighted by Crippen LogP contribution is -2.41. The molecule has 3 N–H and O–H groups in total. The van der Waals surface area contributed by atoms with Crippen molar-refractivity contribution in [1.29, 1.82) is 5.26 Å². The van der Waals surface area contributed by atoms with Crippen LogP contribution in [0, 0.1) is 17.2 Å². The molecule has 2 aromatic rings. The summed E-state index contributed by atoms with van der Waals surface area (Å²) in [4.78, 5) is 8.90. The second-order valence-corrected chi connectivity index (χ2v) is 8.16. The summed E-state index contributed by atoms with van der Waals surface area (Å²) in [7, 11) is 0. The minimum atomic E-state index is 0. The van der Waals surface area contributed by atoms with E-state index >= 15 is 0 Å². The van der Waals surface area contributed by atoms with Crippen LogP contribution < -0.4 is 16.0 Å². The van der Waals surface area contributed by atoms with Gasteiger partial charge in [-0.25, -0.2) is 9.98 Å². The fourth-order valence-electron chi connectivity index (χ4n) is 2.66. The predicted octanol–water partition coefficient (Wildman–Crippen LogP) is 4.50. The molecule has 1 fully saturated rings. The molecule has 1 aliphatic rings. The molecule has 1 aliphatic carbocycles. The number of aromatic nitrogens is 1. The minimum absolute atomic E-state index is 0. The molecule has 0 aliphatic heterocycles. The second-order valence-electron chi connectivity index (χ2n) is 6.80. The monoisotopic (exact) mass is 540 g/mol. The van der Waals surface area contributed by atoms with E-state index in [1.165, 1.54) is 0 Å². The summed E-state index contributed by atoms with van der Waals surface area (Å²) in [5.41, 5.74) is 1.60. The number of nitrogens with zero attached hydrogens (tertiary/aromatic N) is 3. The number of guanidine groups is 1. The maximum absolute atomic E-state index is 8.81. The van der Waals surface area contributed by atoms with Crippen molar-refractivity contribution < 1.29 is 0 Å². The van der Waals surface area contributed by atoms with Crippen molar-refractivity contribution in [3.05, 3.63) is 57.2 Å². The lowest BCUT2D eigenvalue weighted by atomic mass is 10.2. The zero-order valence-corrected chi connectivity index (χ0v) is 20.0. The summed E-state index contributed by atoms with van der Waals surface area (Å²) in [6, 6.07) is 11.9. The Balaban J connectivity index is 0.00000300. The molecule has 0 radical (unpaired) electrons. The highest BCUT2D eigenvalue weighted by atomic mass is 79.9. The Morgan fingerprint density at radius 3 is 2.76 bits per heavy atom. The molecule has 0 amide bonds. The van der Waals surface area contributed by atoms with Gasteiger partial charge < -0.3 is 16.0 Å². The summed E-state index contributed by atoms with van der Waals surface area (Å²) < 4.78 is 0.947. The van der Waals surface area contributed by atoms with Crippen molar-refractivity contribution in [3.63, 3.8) is 0 Å².